The summed E-state index contributed by atoms with van der Waals surface area (Å²) in [6.07, 6.45) is 7.40. The number of H-pyrrole nitrogens is 1. The number of nitrogens with two attached hydrogens (primary N) is 1. The monoisotopic (exact) mass is 405 g/mol. The fourth-order valence-electron chi connectivity index (χ4n) is 3.77. The van der Waals surface area contributed by atoms with E-state index in [1.807, 2.05) is 30.3 Å². The van der Waals surface area contributed by atoms with Crippen LogP contribution in [0.5, 0.6) is 0 Å². The summed E-state index contributed by atoms with van der Waals surface area (Å²) >= 11 is 6.47. The first kappa shape index (κ1) is 18.0. The molecule has 1 fully saturated rings. The molecule has 29 heavy (non-hydrogen) atoms. The lowest BCUT2D eigenvalue weighted by Crippen LogP contribution is -2.43. The summed E-state index contributed by atoms with van der Waals surface area (Å²) in [4.78, 5) is 15.7. The fraction of sp³-hybridized carbons (Fsp3) is 0.238. The molecular weight excluding hydrogens is 386 g/mol. The highest BCUT2D eigenvalue weighted by Gasteiger charge is 2.21. The van der Waals surface area contributed by atoms with Crippen LogP contribution in [-0.4, -0.2) is 44.3 Å². The predicted molar refractivity (Wildman–Crippen MR) is 115 cm³/mol. The zero-order chi connectivity index (χ0) is 19.8. The van der Waals surface area contributed by atoms with Gasteiger partial charge in [0.2, 0.25) is 0 Å². The van der Waals surface area contributed by atoms with Crippen molar-refractivity contribution in [2.24, 2.45) is 5.73 Å². The summed E-state index contributed by atoms with van der Waals surface area (Å²) in [6, 6.07) is 9.81. The first-order valence-corrected chi connectivity index (χ1v) is 9.99. The van der Waals surface area contributed by atoms with Crippen LogP contribution in [-0.2, 0) is 0 Å². The number of hydrogen-bond acceptors (Lipinski definition) is 6. The third kappa shape index (κ3) is 3.43. The minimum atomic E-state index is 0.143. The molecule has 4 aromatic heterocycles. The Bertz CT molecular complexity index is 1160. The summed E-state index contributed by atoms with van der Waals surface area (Å²) in [5, 5.41) is 9.13. The lowest BCUT2D eigenvalue weighted by atomic mass is 10.1. The second-order valence-electron chi connectivity index (χ2n) is 7.28. The molecule has 0 spiro atoms. The molecule has 1 aliphatic heterocycles. The lowest BCUT2D eigenvalue weighted by Gasteiger charge is -2.32. The average molecular weight is 406 g/mol. The lowest BCUT2D eigenvalue weighted by molar-refractivity contribution is 0.503. The number of hydrogen-bond donors (Lipinski definition) is 2. The zero-order valence-corrected chi connectivity index (χ0v) is 16.5. The minimum Gasteiger partial charge on any atom is -0.354 e. The van der Waals surface area contributed by atoms with E-state index >= 15 is 0 Å². The summed E-state index contributed by atoms with van der Waals surface area (Å²) in [5.41, 5.74) is 10.3. The molecule has 1 saturated heterocycles. The largest absolute Gasteiger partial charge is 0.354 e. The highest BCUT2D eigenvalue weighted by molar-refractivity contribution is 6.33. The van der Waals surface area contributed by atoms with Crippen LogP contribution in [0.2, 0.25) is 5.02 Å². The number of pyridine rings is 3. The molecule has 0 aliphatic carbocycles. The van der Waals surface area contributed by atoms with Crippen molar-refractivity contribution in [1.82, 2.24) is 25.1 Å². The third-order valence-corrected chi connectivity index (χ3v) is 5.53. The predicted octanol–water partition coefficient (Wildman–Crippen LogP) is 3.66. The van der Waals surface area contributed by atoms with Gasteiger partial charge in [-0.25, -0.2) is 4.98 Å². The van der Waals surface area contributed by atoms with E-state index in [2.05, 4.69) is 25.1 Å². The smallest absolute Gasteiger partial charge is 0.148 e. The van der Waals surface area contributed by atoms with E-state index in [-0.39, 0.29) is 6.04 Å². The van der Waals surface area contributed by atoms with Gasteiger partial charge in [0, 0.05) is 42.5 Å². The van der Waals surface area contributed by atoms with Crippen molar-refractivity contribution in [2.45, 2.75) is 18.9 Å². The van der Waals surface area contributed by atoms with E-state index in [9.17, 15) is 0 Å². The second-order valence-corrected chi connectivity index (χ2v) is 7.69. The molecule has 0 unspecified atom stereocenters. The fourth-order valence-corrected chi connectivity index (χ4v) is 4.00. The molecule has 5 heterocycles. The van der Waals surface area contributed by atoms with Gasteiger partial charge >= 0.3 is 0 Å². The van der Waals surface area contributed by atoms with E-state index in [0.29, 0.717) is 5.02 Å². The first-order valence-electron chi connectivity index (χ1n) is 9.61. The van der Waals surface area contributed by atoms with Crippen molar-refractivity contribution in [1.29, 1.82) is 0 Å². The molecular formula is C21H20ClN7. The zero-order valence-electron chi connectivity index (χ0n) is 15.7. The quantitative estimate of drug-likeness (QED) is 0.540. The Morgan fingerprint density at radius 3 is 2.93 bits per heavy atom. The molecule has 0 bridgehead atoms. The van der Waals surface area contributed by atoms with Crippen LogP contribution in [0.15, 0.2) is 48.9 Å². The SMILES string of the molecule is N[C@@H]1CCCN(c2nc(-c3n[nH]c4cnc(-c5cccnc5)cc34)ccc2Cl)C1. The average Bonchev–Trinajstić information content (AvgIpc) is 3.18. The topological polar surface area (TPSA) is 96.6 Å². The Kier molecular flexibility index (Phi) is 4.61. The molecule has 1 aliphatic rings. The molecule has 8 heteroatoms. The van der Waals surface area contributed by atoms with Gasteiger partial charge in [0.1, 0.15) is 11.5 Å². The molecule has 1 atom stereocenters. The maximum atomic E-state index is 6.47. The highest BCUT2D eigenvalue weighted by Crippen LogP contribution is 2.32. The van der Waals surface area contributed by atoms with Crippen LogP contribution in [0, 0.1) is 0 Å². The Balaban J connectivity index is 1.58. The summed E-state index contributed by atoms with van der Waals surface area (Å²) in [7, 11) is 0. The van der Waals surface area contributed by atoms with E-state index in [0.717, 1.165) is 65.3 Å². The molecule has 5 rings (SSSR count). The normalized spacial score (nSPS) is 17.0. The van der Waals surface area contributed by atoms with Crippen LogP contribution in [0.25, 0.3) is 33.5 Å². The van der Waals surface area contributed by atoms with E-state index in [1.54, 1.807) is 18.6 Å². The second kappa shape index (κ2) is 7.42. The maximum Gasteiger partial charge on any atom is 0.148 e. The summed E-state index contributed by atoms with van der Waals surface area (Å²) in [6.45, 7) is 1.66. The molecule has 3 N–H and O–H groups in total. The van der Waals surface area contributed by atoms with Crippen LogP contribution in [0.4, 0.5) is 5.82 Å². The number of fused-ring (bicyclic) bond motifs is 1. The van der Waals surface area contributed by atoms with Crippen LogP contribution in [0.1, 0.15) is 12.8 Å². The molecule has 0 amide bonds. The Labute approximate surface area is 173 Å². The first-order chi connectivity index (χ1) is 14.2. The molecule has 4 aromatic rings. The third-order valence-electron chi connectivity index (χ3n) is 5.23. The van der Waals surface area contributed by atoms with E-state index in [4.69, 9.17) is 22.3 Å². The Hall–Kier alpha value is -3.03. The van der Waals surface area contributed by atoms with Crippen LogP contribution >= 0.6 is 11.6 Å². The van der Waals surface area contributed by atoms with Gasteiger partial charge < -0.3 is 10.6 Å². The number of nitrogens with zero attached hydrogens (tertiary/aromatic N) is 5. The van der Waals surface area contributed by atoms with Crippen molar-refractivity contribution in [2.75, 3.05) is 18.0 Å². The van der Waals surface area contributed by atoms with Crippen molar-refractivity contribution in [3.8, 4) is 22.6 Å². The van der Waals surface area contributed by atoms with Gasteiger partial charge in [0.05, 0.1) is 28.1 Å². The van der Waals surface area contributed by atoms with Gasteiger partial charge in [0.15, 0.2) is 0 Å². The molecule has 0 aromatic carbocycles. The minimum absolute atomic E-state index is 0.143. The van der Waals surface area contributed by atoms with Gasteiger partial charge in [0.25, 0.3) is 0 Å². The number of aromatic amines is 1. The Morgan fingerprint density at radius 1 is 1.17 bits per heavy atom. The van der Waals surface area contributed by atoms with Gasteiger partial charge in [-0.1, -0.05) is 11.6 Å². The maximum absolute atomic E-state index is 6.47. The summed E-state index contributed by atoms with van der Waals surface area (Å²) < 4.78 is 0. The molecule has 0 saturated carbocycles. The van der Waals surface area contributed by atoms with Crippen molar-refractivity contribution < 1.29 is 0 Å². The number of anilines is 1. The van der Waals surface area contributed by atoms with E-state index in [1.165, 1.54) is 0 Å². The molecule has 0 radical (unpaired) electrons. The van der Waals surface area contributed by atoms with Crippen LogP contribution < -0.4 is 10.6 Å². The molecule has 146 valence electrons. The van der Waals surface area contributed by atoms with Crippen molar-refractivity contribution >= 4 is 28.3 Å². The number of nitrogens with one attached hydrogen (secondary N) is 1. The van der Waals surface area contributed by atoms with Gasteiger partial charge in [-0.2, -0.15) is 5.10 Å². The van der Waals surface area contributed by atoms with Crippen molar-refractivity contribution in [3.05, 3.63) is 53.9 Å². The standard InChI is InChI=1S/C21H20ClN7/c22-16-5-6-17(26-21(16)29-8-2-4-14(23)12-29)20-15-9-18(13-3-1-7-24-10-13)25-11-19(15)27-28-20/h1,3,5-7,9-11,14H,2,4,8,12,23H2,(H,27,28)/t14-/m1/s1. The van der Waals surface area contributed by atoms with Gasteiger partial charge in [-0.05, 0) is 43.2 Å². The van der Waals surface area contributed by atoms with Crippen molar-refractivity contribution in [3.63, 3.8) is 0 Å². The summed E-state index contributed by atoms with van der Waals surface area (Å²) in [5.74, 6) is 0.761. The number of piperidine rings is 1. The number of rotatable bonds is 3. The van der Waals surface area contributed by atoms with Crippen LogP contribution in [0.3, 0.4) is 0 Å². The van der Waals surface area contributed by atoms with E-state index < -0.39 is 0 Å². The number of halogens is 1. The van der Waals surface area contributed by atoms with Gasteiger partial charge in [-0.3, -0.25) is 15.1 Å². The number of aromatic nitrogens is 5. The highest BCUT2D eigenvalue weighted by atomic mass is 35.5. The Morgan fingerprint density at radius 2 is 2.10 bits per heavy atom. The molecule has 7 nitrogen and oxygen atoms in total. The van der Waals surface area contributed by atoms with Gasteiger partial charge in [-0.15, -0.1) is 0 Å².